The summed E-state index contributed by atoms with van der Waals surface area (Å²) in [6.45, 7) is 0. The van der Waals surface area contributed by atoms with Gasteiger partial charge in [0.2, 0.25) is 0 Å². The lowest BCUT2D eigenvalue weighted by atomic mass is 10.1. The molecule has 0 saturated heterocycles. The molecule has 0 radical (unpaired) electrons. The molecule has 6 heteroatoms. The van der Waals surface area contributed by atoms with Crippen LogP contribution in [0.15, 0.2) is 30.3 Å². The minimum absolute atomic E-state index is 0.0474. The topological polar surface area (TPSA) is 98.2 Å². The Morgan fingerprint density at radius 3 is 2.12 bits per heavy atom. The van der Waals surface area contributed by atoms with Gasteiger partial charge in [-0.05, 0) is 12.0 Å². The minimum atomic E-state index is -0.718. The zero-order valence-electron chi connectivity index (χ0n) is 8.72. The lowest BCUT2D eigenvalue weighted by molar-refractivity contribution is -0.110. The highest BCUT2D eigenvalue weighted by atomic mass is 32.1. The molecule has 0 heterocycles. The number of carbonyl (C=O) groups excluding carboxylic acids is 2. The van der Waals surface area contributed by atoms with E-state index in [9.17, 15) is 9.59 Å². The summed E-state index contributed by atoms with van der Waals surface area (Å²) in [6, 6.07) is 9.21. The summed E-state index contributed by atoms with van der Waals surface area (Å²) in [6.07, 6.45) is 1.32. The van der Waals surface area contributed by atoms with E-state index < -0.39 is 6.03 Å². The van der Waals surface area contributed by atoms with Crippen LogP contribution >= 0.6 is 12.6 Å². The molecule has 16 heavy (non-hydrogen) atoms. The van der Waals surface area contributed by atoms with Gasteiger partial charge in [-0.25, -0.2) is 10.6 Å². The van der Waals surface area contributed by atoms with Crippen LogP contribution in [0.4, 0.5) is 4.79 Å². The fraction of sp³-hybridized carbons (Fsp3) is 0.200. The van der Waals surface area contributed by atoms with E-state index in [0.717, 1.165) is 6.42 Å². The van der Waals surface area contributed by atoms with Crippen molar-refractivity contribution in [2.45, 2.75) is 12.8 Å². The maximum absolute atomic E-state index is 10.5. The normalized spacial score (nSPS) is 8.62. The summed E-state index contributed by atoms with van der Waals surface area (Å²) >= 11 is 3.69. The van der Waals surface area contributed by atoms with Gasteiger partial charge in [-0.2, -0.15) is 0 Å². The zero-order chi connectivity index (χ0) is 12.4. The number of amides is 2. The van der Waals surface area contributed by atoms with Crippen molar-refractivity contribution in [3.63, 3.8) is 0 Å². The number of nitrogens with two attached hydrogens (primary N) is 2. The fourth-order valence-electron chi connectivity index (χ4n) is 0.896. The van der Waals surface area contributed by atoms with Gasteiger partial charge in [0.15, 0.2) is 5.12 Å². The number of thiol groups is 1. The molecule has 0 atom stereocenters. The summed E-state index contributed by atoms with van der Waals surface area (Å²) in [5.74, 6) is 4.45. The minimum Gasteiger partial charge on any atom is -0.351 e. The van der Waals surface area contributed by atoms with E-state index in [1.165, 1.54) is 5.56 Å². The quantitative estimate of drug-likeness (QED) is 0.270. The molecule has 5 nitrogen and oxygen atoms in total. The van der Waals surface area contributed by atoms with Crippen molar-refractivity contribution in [2.24, 2.45) is 11.6 Å². The van der Waals surface area contributed by atoms with E-state index >= 15 is 0 Å². The number of urea groups is 1. The van der Waals surface area contributed by atoms with Crippen LogP contribution in [0.2, 0.25) is 0 Å². The number of benzene rings is 1. The molecule has 2 amide bonds. The van der Waals surface area contributed by atoms with Crippen LogP contribution in [0.25, 0.3) is 0 Å². The van der Waals surface area contributed by atoms with Crippen molar-refractivity contribution >= 4 is 23.8 Å². The molecule has 0 aromatic heterocycles. The van der Waals surface area contributed by atoms with Crippen molar-refractivity contribution in [2.75, 3.05) is 0 Å². The Bertz CT molecular complexity index is 330. The Kier molecular flexibility index (Phi) is 7.92. The van der Waals surface area contributed by atoms with E-state index in [1.807, 2.05) is 30.3 Å². The number of rotatable bonds is 3. The van der Waals surface area contributed by atoms with Crippen LogP contribution < -0.4 is 17.0 Å². The monoisotopic (exact) mass is 241 g/mol. The van der Waals surface area contributed by atoms with Gasteiger partial charge >= 0.3 is 6.03 Å². The maximum atomic E-state index is 10.5. The van der Waals surface area contributed by atoms with E-state index in [2.05, 4.69) is 24.2 Å². The highest BCUT2D eigenvalue weighted by Crippen LogP contribution is 2.03. The number of aryl methyl sites for hydroxylation is 1. The summed E-state index contributed by atoms with van der Waals surface area (Å²) in [5.41, 5.74) is 7.27. The highest BCUT2D eigenvalue weighted by molar-refractivity contribution is 7.96. The number of carbonyl (C=O) groups is 2. The molecule has 0 unspecified atom stereocenters. The SMILES string of the molecule is NNC(N)=O.O=C(S)CCc1ccccc1. The molecular weight excluding hydrogens is 226 g/mol. The molecule has 1 aromatic carbocycles. The zero-order valence-corrected chi connectivity index (χ0v) is 9.61. The van der Waals surface area contributed by atoms with Crippen molar-refractivity contribution in [3.8, 4) is 0 Å². The molecule has 1 aromatic rings. The molecule has 5 N–H and O–H groups in total. The number of hydrogen-bond acceptors (Lipinski definition) is 3. The number of hydrazine groups is 1. The number of hydrogen-bond donors (Lipinski definition) is 4. The van der Waals surface area contributed by atoms with Crippen LogP contribution in [0.3, 0.4) is 0 Å². The molecule has 0 bridgehead atoms. The first-order valence-corrected chi connectivity index (χ1v) is 5.02. The number of primary amides is 1. The first-order chi connectivity index (χ1) is 7.56. The van der Waals surface area contributed by atoms with Crippen LogP contribution in [-0.4, -0.2) is 11.1 Å². The van der Waals surface area contributed by atoms with Gasteiger partial charge in [0, 0.05) is 6.42 Å². The van der Waals surface area contributed by atoms with Crippen molar-refractivity contribution < 1.29 is 9.59 Å². The lowest BCUT2D eigenvalue weighted by Gasteiger charge is -1.95. The van der Waals surface area contributed by atoms with Gasteiger partial charge in [-0.3, -0.25) is 10.2 Å². The molecule has 0 spiro atoms. The molecule has 0 aliphatic rings. The first-order valence-electron chi connectivity index (χ1n) is 4.58. The second-order valence-electron chi connectivity index (χ2n) is 2.89. The smallest absolute Gasteiger partial charge is 0.326 e. The van der Waals surface area contributed by atoms with Crippen LogP contribution in [0.1, 0.15) is 12.0 Å². The number of nitrogens with one attached hydrogen (secondary N) is 1. The lowest BCUT2D eigenvalue weighted by Crippen LogP contribution is -2.34. The summed E-state index contributed by atoms with van der Waals surface area (Å²) in [4.78, 5) is 19.8. The molecule has 0 aliphatic carbocycles. The average molecular weight is 241 g/mol. The molecule has 0 saturated carbocycles. The summed E-state index contributed by atoms with van der Waals surface area (Å²) in [5, 5.41) is -0.0474. The van der Waals surface area contributed by atoms with Crippen LogP contribution in [-0.2, 0) is 11.2 Å². The molecule has 0 aliphatic heterocycles. The summed E-state index contributed by atoms with van der Waals surface area (Å²) in [7, 11) is 0. The Balaban J connectivity index is 0.000000385. The van der Waals surface area contributed by atoms with E-state index in [1.54, 1.807) is 5.43 Å². The third-order valence-electron chi connectivity index (χ3n) is 1.61. The second kappa shape index (κ2) is 8.75. The van der Waals surface area contributed by atoms with Crippen molar-refractivity contribution in [1.82, 2.24) is 5.43 Å². The third kappa shape index (κ3) is 9.04. The third-order valence-corrected chi connectivity index (χ3v) is 1.84. The van der Waals surface area contributed by atoms with E-state index in [-0.39, 0.29) is 5.12 Å². The van der Waals surface area contributed by atoms with E-state index in [4.69, 9.17) is 0 Å². The van der Waals surface area contributed by atoms with E-state index in [0.29, 0.717) is 6.42 Å². The predicted molar refractivity (Wildman–Crippen MR) is 65.7 cm³/mol. The Labute approximate surface area is 99.6 Å². The Hall–Kier alpha value is -1.53. The van der Waals surface area contributed by atoms with Gasteiger partial charge in [0.1, 0.15) is 0 Å². The van der Waals surface area contributed by atoms with Crippen molar-refractivity contribution in [3.05, 3.63) is 35.9 Å². The summed E-state index contributed by atoms with van der Waals surface area (Å²) < 4.78 is 0. The maximum Gasteiger partial charge on any atom is 0.326 e. The standard InChI is InChI=1S/C9H10OS.CH5N3O/c10-9(11)7-6-8-4-2-1-3-5-8;2-1(5)4-3/h1-5H,6-7H2,(H,10,11);3H2,(H3,2,4,5). The van der Waals surface area contributed by atoms with Gasteiger partial charge in [0.25, 0.3) is 0 Å². The van der Waals surface area contributed by atoms with Crippen molar-refractivity contribution in [1.29, 1.82) is 0 Å². The largest absolute Gasteiger partial charge is 0.351 e. The van der Waals surface area contributed by atoms with Gasteiger partial charge < -0.3 is 5.73 Å². The molecular formula is C10H15N3O2S. The second-order valence-corrected chi connectivity index (χ2v) is 3.39. The van der Waals surface area contributed by atoms with Gasteiger partial charge in [0.05, 0.1) is 0 Å². The molecule has 1 rings (SSSR count). The van der Waals surface area contributed by atoms with Gasteiger partial charge in [-0.1, -0.05) is 30.3 Å². The van der Waals surface area contributed by atoms with Crippen LogP contribution in [0.5, 0.6) is 0 Å². The highest BCUT2D eigenvalue weighted by Gasteiger charge is 1.94. The fourth-order valence-corrected chi connectivity index (χ4v) is 1.01. The molecule has 0 fully saturated rings. The van der Waals surface area contributed by atoms with Crippen LogP contribution in [0, 0.1) is 0 Å². The molecule has 88 valence electrons. The Morgan fingerprint density at radius 1 is 1.25 bits per heavy atom. The predicted octanol–water partition coefficient (Wildman–Crippen LogP) is 0.604. The Morgan fingerprint density at radius 2 is 1.75 bits per heavy atom. The van der Waals surface area contributed by atoms with Gasteiger partial charge in [-0.15, -0.1) is 12.6 Å². The average Bonchev–Trinajstić information content (AvgIpc) is 2.28. The first kappa shape index (κ1) is 14.5.